The van der Waals surface area contributed by atoms with Crippen LogP contribution in [0.15, 0.2) is 18.2 Å². The van der Waals surface area contributed by atoms with Crippen LogP contribution in [0.3, 0.4) is 0 Å². The SMILES string of the molecule is CCOCCCOc1cc(CC(CC(NC(=O)OC(C)(C)C)C(O)CC(C(=O)NCC(C)(C)C(N)=O)C(C)C)C(C)C)ccc1OC. The summed E-state index contributed by atoms with van der Waals surface area (Å²) < 4.78 is 22.5. The Bertz CT molecular complexity index is 1120. The third-order valence-corrected chi connectivity index (χ3v) is 8.30. The predicted octanol–water partition coefficient (Wildman–Crippen LogP) is 5.25. The number of nitrogens with one attached hydrogen (secondary N) is 2. The lowest BCUT2D eigenvalue weighted by Crippen LogP contribution is -2.49. The third-order valence-electron chi connectivity index (χ3n) is 8.30. The minimum absolute atomic E-state index is 0.0477. The molecule has 1 aromatic carbocycles. The van der Waals surface area contributed by atoms with Gasteiger partial charge in [-0.25, -0.2) is 4.79 Å². The van der Waals surface area contributed by atoms with Crippen molar-refractivity contribution in [3.63, 3.8) is 0 Å². The lowest BCUT2D eigenvalue weighted by Gasteiger charge is -2.33. The van der Waals surface area contributed by atoms with Crippen LogP contribution in [0, 0.1) is 29.1 Å². The molecule has 0 heterocycles. The predicted molar refractivity (Wildman–Crippen MR) is 184 cm³/mol. The average Bonchev–Trinajstić information content (AvgIpc) is 2.96. The van der Waals surface area contributed by atoms with Crippen molar-refractivity contribution in [2.75, 3.05) is 33.5 Å². The molecule has 0 fully saturated rings. The zero-order valence-corrected chi connectivity index (χ0v) is 30.7. The van der Waals surface area contributed by atoms with Crippen molar-refractivity contribution in [1.82, 2.24) is 10.6 Å². The number of rotatable bonds is 21. The molecule has 4 unspecified atom stereocenters. The molecular formula is C36H63N3O8. The van der Waals surface area contributed by atoms with Crippen molar-refractivity contribution in [3.05, 3.63) is 23.8 Å². The molecule has 11 heteroatoms. The lowest BCUT2D eigenvalue weighted by atomic mass is 9.80. The summed E-state index contributed by atoms with van der Waals surface area (Å²) in [6, 6.07) is 5.18. The Morgan fingerprint density at radius 1 is 0.957 bits per heavy atom. The van der Waals surface area contributed by atoms with Gasteiger partial charge in [0.25, 0.3) is 0 Å². The highest BCUT2D eigenvalue weighted by Gasteiger charge is 2.34. The van der Waals surface area contributed by atoms with E-state index in [0.717, 1.165) is 12.0 Å². The summed E-state index contributed by atoms with van der Waals surface area (Å²) in [5.74, 6) is 0.0543. The van der Waals surface area contributed by atoms with Gasteiger partial charge in [0, 0.05) is 32.1 Å². The van der Waals surface area contributed by atoms with Crippen LogP contribution in [0.4, 0.5) is 4.79 Å². The fraction of sp³-hybridized carbons (Fsp3) is 0.750. The van der Waals surface area contributed by atoms with Gasteiger partial charge in [-0.2, -0.15) is 0 Å². The fourth-order valence-electron chi connectivity index (χ4n) is 5.07. The van der Waals surface area contributed by atoms with Gasteiger partial charge in [0.15, 0.2) is 11.5 Å². The van der Waals surface area contributed by atoms with Crippen LogP contribution in [0.1, 0.15) is 94.1 Å². The van der Waals surface area contributed by atoms with Crippen LogP contribution in [-0.4, -0.2) is 74.2 Å². The van der Waals surface area contributed by atoms with E-state index in [9.17, 15) is 19.5 Å². The van der Waals surface area contributed by atoms with Gasteiger partial charge in [-0.3, -0.25) is 9.59 Å². The number of hydrogen-bond donors (Lipinski definition) is 4. The number of primary amides is 1. The van der Waals surface area contributed by atoms with E-state index < -0.39 is 41.1 Å². The second-order valence-corrected chi connectivity index (χ2v) is 14.7. The summed E-state index contributed by atoms with van der Waals surface area (Å²) >= 11 is 0. The molecule has 1 rings (SSSR count). The quantitative estimate of drug-likeness (QED) is 0.130. The van der Waals surface area contributed by atoms with Gasteiger partial charge in [-0.05, 0) is 96.3 Å². The third kappa shape index (κ3) is 15.6. The number of carbonyl (C=O) groups excluding carboxylic acids is 3. The molecular weight excluding hydrogens is 602 g/mol. The van der Waals surface area contributed by atoms with E-state index in [1.54, 1.807) is 41.7 Å². The Labute approximate surface area is 283 Å². The summed E-state index contributed by atoms with van der Waals surface area (Å²) in [5.41, 5.74) is 4.87. The monoisotopic (exact) mass is 665 g/mol. The lowest BCUT2D eigenvalue weighted by molar-refractivity contribution is -0.130. The minimum Gasteiger partial charge on any atom is -0.493 e. The van der Waals surface area contributed by atoms with Gasteiger partial charge < -0.3 is 40.4 Å². The molecule has 0 radical (unpaired) electrons. The molecule has 0 spiro atoms. The van der Waals surface area contributed by atoms with Gasteiger partial charge in [0.1, 0.15) is 5.60 Å². The molecule has 3 amide bonds. The molecule has 5 N–H and O–H groups in total. The highest BCUT2D eigenvalue weighted by Crippen LogP contribution is 2.32. The number of hydrogen-bond acceptors (Lipinski definition) is 8. The van der Waals surface area contributed by atoms with Gasteiger partial charge in [-0.1, -0.05) is 33.8 Å². The Kier molecular flexibility index (Phi) is 17.6. The molecule has 270 valence electrons. The number of aliphatic hydroxyl groups is 1. The van der Waals surface area contributed by atoms with E-state index in [1.165, 1.54) is 0 Å². The van der Waals surface area contributed by atoms with Crippen LogP contribution < -0.4 is 25.8 Å². The maximum atomic E-state index is 13.3. The molecule has 0 aliphatic rings. The molecule has 0 bridgehead atoms. The molecule has 0 saturated carbocycles. The van der Waals surface area contributed by atoms with Crippen molar-refractivity contribution >= 4 is 17.9 Å². The topological polar surface area (TPSA) is 158 Å². The molecule has 1 aromatic rings. The molecule has 0 aliphatic heterocycles. The van der Waals surface area contributed by atoms with Crippen molar-refractivity contribution in [2.24, 2.45) is 34.8 Å². The zero-order valence-electron chi connectivity index (χ0n) is 30.7. The smallest absolute Gasteiger partial charge is 0.407 e. The molecule has 0 aromatic heterocycles. The van der Waals surface area contributed by atoms with E-state index >= 15 is 0 Å². The fourth-order valence-corrected chi connectivity index (χ4v) is 5.07. The highest BCUT2D eigenvalue weighted by molar-refractivity contribution is 5.83. The number of alkyl carbamates (subject to hydrolysis) is 1. The van der Waals surface area contributed by atoms with Crippen LogP contribution in [0.2, 0.25) is 0 Å². The Balaban J connectivity index is 3.25. The molecule has 11 nitrogen and oxygen atoms in total. The van der Waals surface area contributed by atoms with Gasteiger partial charge in [0.2, 0.25) is 11.8 Å². The maximum Gasteiger partial charge on any atom is 0.407 e. The number of ether oxygens (including phenoxy) is 4. The highest BCUT2D eigenvalue weighted by atomic mass is 16.6. The molecule has 47 heavy (non-hydrogen) atoms. The first-order chi connectivity index (χ1) is 21.8. The van der Waals surface area contributed by atoms with Gasteiger partial charge in [0.05, 0.1) is 31.3 Å². The minimum atomic E-state index is -1.05. The molecule has 0 saturated heterocycles. The summed E-state index contributed by atoms with van der Waals surface area (Å²) in [5, 5.41) is 17.4. The van der Waals surface area contributed by atoms with E-state index in [0.29, 0.717) is 44.2 Å². The van der Waals surface area contributed by atoms with E-state index in [-0.39, 0.29) is 36.6 Å². The van der Waals surface area contributed by atoms with Gasteiger partial charge >= 0.3 is 6.09 Å². The molecule has 4 atom stereocenters. The zero-order chi connectivity index (χ0) is 35.9. The Hall–Kier alpha value is -3.05. The van der Waals surface area contributed by atoms with E-state index in [1.807, 2.05) is 39.0 Å². The number of benzene rings is 1. The first kappa shape index (κ1) is 42.0. The number of methoxy groups -OCH3 is 1. The first-order valence-corrected chi connectivity index (χ1v) is 16.9. The standard InChI is InChI=1S/C36H63N3O8/c1-12-45-16-13-17-46-31-19-25(14-15-30(31)44-11)18-26(23(2)3)20-28(39-34(43)47-35(6,7)8)29(40)21-27(24(4)5)32(41)38-22-36(9,10)33(37)42/h14-15,19,23-24,26-29,40H,12-13,16-18,20-22H2,1-11H3,(H2,37,42)(H,38,41)(H,39,43). The normalized spacial score (nSPS) is 14.7. The second kappa shape index (κ2) is 19.7. The number of carbonyl (C=O) groups is 3. The van der Waals surface area contributed by atoms with Crippen LogP contribution >= 0.6 is 0 Å². The number of aliphatic hydroxyl groups excluding tert-OH is 1. The summed E-state index contributed by atoms with van der Waals surface area (Å²) in [7, 11) is 1.61. The van der Waals surface area contributed by atoms with Crippen LogP contribution in [-0.2, 0) is 25.5 Å². The first-order valence-electron chi connectivity index (χ1n) is 16.9. The van der Waals surface area contributed by atoms with Crippen LogP contribution in [0.5, 0.6) is 11.5 Å². The Morgan fingerprint density at radius 2 is 1.62 bits per heavy atom. The second-order valence-electron chi connectivity index (χ2n) is 14.7. The number of nitrogens with two attached hydrogens (primary N) is 1. The van der Waals surface area contributed by atoms with Crippen molar-refractivity contribution in [2.45, 2.75) is 113 Å². The summed E-state index contributed by atoms with van der Waals surface area (Å²) in [6.07, 6.45) is 0.275. The largest absolute Gasteiger partial charge is 0.493 e. The van der Waals surface area contributed by atoms with E-state index in [2.05, 4.69) is 24.5 Å². The van der Waals surface area contributed by atoms with E-state index in [4.69, 9.17) is 24.7 Å². The molecule has 0 aliphatic carbocycles. The van der Waals surface area contributed by atoms with Crippen molar-refractivity contribution in [1.29, 1.82) is 0 Å². The summed E-state index contributed by atoms with van der Waals surface area (Å²) in [4.78, 5) is 38.1. The average molecular weight is 666 g/mol. The summed E-state index contributed by atoms with van der Waals surface area (Å²) in [6.45, 7) is 20.5. The Morgan fingerprint density at radius 3 is 2.15 bits per heavy atom. The van der Waals surface area contributed by atoms with Crippen molar-refractivity contribution < 1.29 is 38.4 Å². The van der Waals surface area contributed by atoms with Gasteiger partial charge in [-0.15, -0.1) is 0 Å². The van der Waals surface area contributed by atoms with Crippen LogP contribution in [0.25, 0.3) is 0 Å². The number of amides is 3. The maximum absolute atomic E-state index is 13.3. The van der Waals surface area contributed by atoms with Crippen molar-refractivity contribution in [3.8, 4) is 11.5 Å².